The van der Waals surface area contributed by atoms with Crippen LogP contribution in [0.2, 0.25) is 0 Å². The largest absolute Gasteiger partial charge is 0.461 e. The van der Waals surface area contributed by atoms with Gasteiger partial charge in [-0.3, -0.25) is 0 Å². The number of rotatable bonds is 3. The lowest BCUT2D eigenvalue weighted by atomic mass is 10.3. The minimum Gasteiger partial charge on any atom is -0.461 e. The van der Waals surface area contributed by atoms with Crippen molar-refractivity contribution >= 4 is 11.3 Å². The SMILES string of the molecule is CCC(N)c1nnc(-c2occc2C)s1. The molecule has 2 aromatic rings. The molecule has 0 saturated carbocycles. The smallest absolute Gasteiger partial charge is 0.183 e. The van der Waals surface area contributed by atoms with Crippen LogP contribution in [0.25, 0.3) is 10.8 Å². The van der Waals surface area contributed by atoms with Crippen molar-refractivity contribution in [3.63, 3.8) is 0 Å². The van der Waals surface area contributed by atoms with Crippen molar-refractivity contribution in [3.8, 4) is 10.8 Å². The van der Waals surface area contributed by atoms with Crippen LogP contribution in [0.5, 0.6) is 0 Å². The Balaban J connectivity index is 2.32. The zero-order valence-electron chi connectivity index (χ0n) is 8.73. The van der Waals surface area contributed by atoms with E-state index in [0.29, 0.717) is 0 Å². The number of hydrogen-bond donors (Lipinski definition) is 1. The average Bonchev–Trinajstić information content (AvgIpc) is 2.84. The summed E-state index contributed by atoms with van der Waals surface area (Å²) in [4.78, 5) is 0. The normalized spacial score (nSPS) is 13.0. The number of nitrogens with zero attached hydrogens (tertiary/aromatic N) is 2. The topological polar surface area (TPSA) is 64.9 Å². The Kier molecular flexibility index (Phi) is 2.83. The highest BCUT2D eigenvalue weighted by Gasteiger charge is 2.14. The highest BCUT2D eigenvalue weighted by atomic mass is 32.1. The van der Waals surface area contributed by atoms with Crippen molar-refractivity contribution in [1.82, 2.24) is 10.2 Å². The predicted molar refractivity (Wildman–Crippen MR) is 59.6 cm³/mol. The van der Waals surface area contributed by atoms with E-state index in [1.165, 1.54) is 11.3 Å². The average molecular weight is 223 g/mol. The summed E-state index contributed by atoms with van der Waals surface area (Å²) in [5.41, 5.74) is 6.95. The first-order valence-corrected chi connectivity index (χ1v) is 5.67. The van der Waals surface area contributed by atoms with Crippen LogP contribution in [0, 0.1) is 6.92 Å². The molecule has 0 saturated heterocycles. The van der Waals surface area contributed by atoms with Crippen LogP contribution in [0.4, 0.5) is 0 Å². The highest BCUT2D eigenvalue weighted by Crippen LogP contribution is 2.29. The van der Waals surface area contributed by atoms with Gasteiger partial charge in [0.05, 0.1) is 12.3 Å². The zero-order valence-corrected chi connectivity index (χ0v) is 9.54. The molecule has 0 spiro atoms. The molecule has 2 aromatic heterocycles. The van der Waals surface area contributed by atoms with Gasteiger partial charge >= 0.3 is 0 Å². The van der Waals surface area contributed by atoms with Crippen LogP contribution in [0.15, 0.2) is 16.7 Å². The standard InChI is InChI=1S/C10H13N3OS/c1-3-7(11)9-12-13-10(15-9)8-6(2)4-5-14-8/h4-5,7H,3,11H2,1-2H3. The van der Waals surface area contributed by atoms with E-state index >= 15 is 0 Å². The van der Waals surface area contributed by atoms with E-state index in [-0.39, 0.29) is 6.04 Å². The van der Waals surface area contributed by atoms with Gasteiger partial charge in [-0.25, -0.2) is 0 Å². The molecule has 80 valence electrons. The number of aromatic nitrogens is 2. The van der Waals surface area contributed by atoms with Gasteiger partial charge in [0.25, 0.3) is 0 Å². The zero-order chi connectivity index (χ0) is 10.8. The van der Waals surface area contributed by atoms with Gasteiger partial charge in [0, 0.05) is 0 Å². The van der Waals surface area contributed by atoms with E-state index in [1.807, 2.05) is 19.9 Å². The lowest BCUT2D eigenvalue weighted by Gasteiger charge is -2.00. The van der Waals surface area contributed by atoms with E-state index in [1.54, 1.807) is 6.26 Å². The number of hydrogen-bond acceptors (Lipinski definition) is 5. The molecule has 5 heteroatoms. The number of furan rings is 1. The Morgan fingerprint density at radius 2 is 2.33 bits per heavy atom. The first-order valence-electron chi connectivity index (χ1n) is 4.85. The molecule has 1 unspecified atom stereocenters. The van der Waals surface area contributed by atoms with Crippen LogP contribution in [-0.4, -0.2) is 10.2 Å². The van der Waals surface area contributed by atoms with Gasteiger partial charge < -0.3 is 10.2 Å². The monoisotopic (exact) mass is 223 g/mol. The molecule has 1 atom stereocenters. The second-order valence-electron chi connectivity index (χ2n) is 3.39. The third-order valence-corrected chi connectivity index (χ3v) is 3.31. The molecule has 2 heterocycles. The first kappa shape index (κ1) is 10.3. The molecule has 0 aromatic carbocycles. The lowest BCUT2D eigenvalue weighted by Crippen LogP contribution is -2.07. The summed E-state index contributed by atoms with van der Waals surface area (Å²) in [6.45, 7) is 4.02. The van der Waals surface area contributed by atoms with Gasteiger partial charge in [0.15, 0.2) is 10.8 Å². The van der Waals surface area contributed by atoms with E-state index < -0.39 is 0 Å². The van der Waals surface area contributed by atoms with Crippen molar-refractivity contribution in [1.29, 1.82) is 0 Å². The van der Waals surface area contributed by atoms with E-state index in [4.69, 9.17) is 10.2 Å². The second kappa shape index (κ2) is 4.12. The summed E-state index contributed by atoms with van der Waals surface area (Å²) in [6, 6.07) is 1.89. The summed E-state index contributed by atoms with van der Waals surface area (Å²) in [5, 5.41) is 9.82. The molecule has 2 rings (SSSR count). The second-order valence-corrected chi connectivity index (χ2v) is 4.40. The van der Waals surface area contributed by atoms with Crippen LogP contribution >= 0.6 is 11.3 Å². The van der Waals surface area contributed by atoms with Gasteiger partial charge in [-0.05, 0) is 25.0 Å². The fourth-order valence-corrected chi connectivity index (χ4v) is 2.22. The maximum Gasteiger partial charge on any atom is 0.183 e. The minimum atomic E-state index is -0.0217. The summed E-state index contributed by atoms with van der Waals surface area (Å²) in [5.74, 6) is 0.794. The first-order chi connectivity index (χ1) is 7.22. The van der Waals surface area contributed by atoms with Gasteiger partial charge in [-0.15, -0.1) is 10.2 Å². The molecule has 0 aliphatic rings. The van der Waals surface area contributed by atoms with E-state index in [0.717, 1.165) is 27.8 Å². The Morgan fingerprint density at radius 3 is 2.93 bits per heavy atom. The van der Waals surface area contributed by atoms with Crippen molar-refractivity contribution in [2.24, 2.45) is 5.73 Å². The van der Waals surface area contributed by atoms with Gasteiger partial charge in [-0.2, -0.15) is 0 Å². The van der Waals surface area contributed by atoms with E-state index in [9.17, 15) is 0 Å². The maximum atomic E-state index is 5.88. The van der Waals surface area contributed by atoms with Crippen molar-refractivity contribution in [2.75, 3.05) is 0 Å². The Bertz CT molecular complexity index is 449. The third kappa shape index (κ3) is 1.93. The van der Waals surface area contributed by atoms with Crippen molar-refractivity contribution in [2.45, 2.75) is 26.3 Å². The summed E-state index contributed by atoms with van der Waals surface area (Å²) in [6.07, 6.45) is 2.53. The third-order valence-electron chi connectivity index (χ3n) is 2.25. The molecule has 0 aliphatic heterocycles. The summed E-state index contributed by atoms with van der Waals surface area (Å²) >= 11 is 1.50. The molecule has 0 radical (unpaired) electrons. The molecule has 0 amide bonds. The van der Waals surface area contributed by atoms with Gasteiger partial charge in [-0.1, -0.05) is 18.3 Å². The molecule has 15 heavy (non-hydrogen) atoms. The fraction of sp³-hybridized carbons (Fsp3) is 0.400. The fourth-order valence-electron chi connectivity index (χ4n) is 1.24. The Labute approximate surface area is 92.1 Å². The minimum absolute atomic E-state index is 0.0217. The van der Waals surface area contributed by atoms with Crippen molar-refractivity contribution in [3.05, 3.63) is 22.9 Å². The quantitative estimate of drug-likeness (QED) is 0.868. The number of aryl methyl sites for hydroxylation is 1. The van der Waals surface area contributed by atoms with Gasteiger partial charge in [0.2, 0.25) is 0 Å². The molecule has 0 bridgehead atoms. The van der Waals surface area contributed by atoms with Crippen LogP contribution in [-0.2, 0) is 0 Å². The molecular weight excluding hydrogens is 210 g/mol. The Morgan fingerprint density at radius 1 is 1.53 bits per heavy atom. The van der Waals surface area contributed by atoms with E-state index in [2.05, 4.69) is 10.2 Å². The summed E-state index contributed by atoms with van der Waals surface area (Å²) in [7, 11) is 0. The molecule has 4 nitrogen and oxygen atoms in total. The van der Waals surface area contributed by atoms with Crippen LogP contribution in [0.1, 0.15) is 30.0 Å². The predicted octanol–water partition coefficient (Wildman–Crippen LogP) is 2.52. The number of nitrogens with two attached hydrogens (primary N) is 1. The highest BCUT2D eigenvalue weighted by molar-refractivity contribution is 7.14. The summed E-state index contributed by atoms with van der Waals surface area (Å²) < 4.78 is 5.34. The molecule has 0 aliphatic carbocycles. The maximum absolute atomic E-state index is 5.88. The van der Waals surface area contributed by atoms with Gasteiger partial charge in [0.1, 0.15) is 5.01 Å². The molecule has 2 N–H and O–H groups in total. The van der Waals surface area contributed by atoms with Crippen LogP contribution < -0.4 is 5.73 Å². The molecule has 0 fully saturated rings. The van der Waals surface area contributed by atoms with Crippen LogP contribution in [0.3, 0.4) is 0 Å². The Hall–Kier alpha value is -1.20. The lowest BCUT2D eigenvalue weighted by molar-refractivity contribution is 0.579. The molecular formula is C10H13N3OS. The van der Waals surface area contributed by atoms with Crippen molar-refractivity contribution < 1.29 is 4.42 Å².